The summed E-state index contributed by atoms with van der Waals surface area (Å²) in [5.74, 6) is 0.790. The molecule has 0 radical (unpaired) electrons. The van der Waals surface area contributed by atoms with Gasteiger partial charge in [-0.25, -0.2) is 0 Å². The molecule has 3 N–H and O–H groups in total. The average Bonchev–Trinajstić information content (AvgIpc) is 3.56. The summed E-state index contributed by atoms with van der Waals surface area (Å²) in [6.45, 7) is 4.93. The van der Waals surface area contributed by atoms with Crippen molar-refractivity contribution in [1.82, 2.24) is 19.7 Å². The second kappa shape index (κ2) is 8.02. The van der Waals surface area contributed by atoms with Gasteiger partial charge in [0.15, 0.2) is 0 Å². The van der Waals surface area contributed by atoms with Crippen molar-refractivity contribution in [3.63, 3.8) is 0 Å². The molecule has 0 spiro atoms. The van der Waals surface area contributed by atoms with Gasteiger partial charge in [-0.3, -0.25) is 9.48 Å². The summed E-state index contributed by atoms with van der Waals surface area (Å²) in [4.78, 5) is 13.3. The summed E-state index contributed by atoms with van der Waals surface area (Å²) in [5, 5.41) is 23.5. The fourth-order valence-electron chi connectivity index (χ4n) is 6.42. The maximum atomic E-state index is 13.3. The molecule has 0 atom stereocenters. The fraction of sp³-hybridized carbons (Fsp3) is 0.267. The van der Waals surface area contributed by atoms with E-state index in [0.717, 1.165) is 62.8 Å². The van der Waals surface area contributed by atoms with E-state index in [1.165, 1.54) is 11.1 Å². The van der Waals surface area contributed by atoms with Crippen molar-refractivity contribution in [3.05, 3.63) is 65.0 Å². The zero-order valence-electron chi connectivity index (χ0n) is 21.8. The first kappa shape index (κ1) is 22.7. The van der Waals surface area contributed by atoms with Gasteiger partial charge in [0, 0.05) is 65.0 Å². The Bertz CT molecular complexity index is 1810. The second-order valence-electron chi connectivity index (χ2n) is 10.5. The molecular weight excluding hydrogens is 478 g/mol. The van der Waals surface area contributed by atoms with E-state index in [0.29, 0.717) is 18.0 Å². The van der Waals surface area contributed by atoms with Crippen LogP contribution in [0.5, 0.6) is 11.5 Å². The van der Waals surface area contributed by atoms with Crippen LogP contribution in [0.4, 0.5) is 11.4 Å². The van der Waals surface area contributed by atoms with Crippen molar-refractivity contribution in [2.45, 2.75) is 39.3 Å². The maximum absolute atomic E-state index is 13.3. The third-order valence-electron chi connectivity index (χ3n) is 7.86. The molecule has 8 nitrogen and oxygen atoms in total. The van der Waals surface area contributed by atoms with Crippen LogP contribution in [-0.4, -0.2) is 32.5 Å². The molecule has 38 heavy (non-hydrogen) atoms. The van der Waals surface area contributed by atoms with Crippen molar-refractivity contribution in [1.29, 1.82) is 0 Å². The van der Waals surface area contributed by atoms with Gasteiger partial charge in [-0.15, -0.1) is 0 Å². The van der Waals surface area contributed by atoms with E-state index in [4.69, 9.17) is 9.84 Å². The van der Waals surface area contributed by atoms with Gasteiger partial charge < -0.3 is 25.0 Å². The molecule has 0 saturated carbocycles. The summed E-state index contributed by atoms with van der Waals surface area (Å²) >= 11 is 0. The molecule has 3 aromatic carbocycles. The molecule has 3 heterocycles. The Kier molecular flexibility index (Phi) is 4.79. The van der Waals surface area contributed by atoms with E-state index >= 15 is 0 Å². The smallest absolute Gasteiger partial charge is 0.252 e. The lowest BCUT2D eigenvalue weighted by Crippen LogP contribution is -2.15. The largest absolute Gasteiger partial charge is 0.508 e. The number of nitrogens with zero attached hydrogens (tertiary/aromatic N) is 3. The number of aromatic nitrogens is 3. The highest BCUT2D eigenvalue weighted by atomic mass is 16.5. The SMILES string of the molecule is COc1ccc(O)cc1Nc1ccc2c(c1)c1c3c(c4c(c1n2C(C)C)CCc1nn(C)cc1-4)C(=O)NC3. The quantitative estimate of drug-likeness (QED) is 0.296. The second-order valence-corrected chi connectivity index (χ2v) is 10.5. The Hall–Kier alpha value is -4.46. The number of hydrogen-bond acceptors (Lipinski definition) is 5. The number of methoxy groups -OCH3 is 1. The summed E-state index contributed by atoms with van der Waals surface area (Å²) < 4.78 is 9.78. The summed E-state index contributed by atoms with van der Waals surface area (Å²) in [6.07, 6.45) is 3.74. The lowest BCUT2D eigenvalue weighted by Gasteiger charge is -2.22. The van der Waals surface area contributed by atoms with Crippen molar-refractivity contribution in [2.75, 3.05) is 12.4 Å². The molecule has 0 unspecified atom stereocenters. The summed E-state index contributed by atoms with van der Waals surface area (Å²) in [6, 6.07) is 11.6. The van der Waals surface area contributed by atoms with E-state index < -0.39 is 0 Å². The number of rotatable bonds is 4. The number of aryl methyl sites for hydroxylation is 3. The molecule has 0 saturated heterocycles. The van der Waals surface area contributed by atoms with Crippen LogP contribution in [0, 0.1) is 0 Å². The highest BCUT2D eigenvalue weighted by molar-refractivity contribution is 6.20. The number of phenolic OH excluding ortho intramolecular Hbond substituents is 1. The van der Waals surface area contributed by atoms with Crippen LogP contribution in [0.15, 0.2) is 42.6 Å². The zero-order valence-corrected chi connectivity index (χ0v) is 21.8. The van der Waals surface area contributed by atoms with Crippen LogP contribution in [0.2, 0.25) is 0 Å². The minimum Gasteiger partial charge on any atom is -0.508 e. The number of fused-ring (bicyclic) bond motifs is 10. The number of hydrogen-bond donors (Lipinski definition) is 3. The van der Waals surface area contributed by atoms with Gasteiger partial charge >= 0.3 is 0 Å². The minimum absolute atomic E-state index is 0.0147. The lowest BCUT2D eigenvalue weighted by atomic mass is 9.82. The Balaban J connectivity index is 1.54. The first-order valence-electron chi connectivity index (χ1n) is 13.0. The number of anilines is 2. The van der Waals surface area contributed by atoms with E-state index in [2.05, 4.69) is 53.4 Å². The molecule has 1 aliphatic carbocycles. The molecule has 2 aromatic heterocycles. The minimum atomic E-state index is -0.0147. The van der Waals surface area contributed by atoms with Crippen molar-refractivity contribution < 1.29 is 14.6 Å². The standard InChI is InChI=1S/C30H29N5O3/c1-15(2)35-24-9-5-16(32-23-12-17(36)6-10-25(23)38-4)11-19(24)27-20-13-31-30(37)28(20)26-18(29(27)35)7-8-22-21(26)14-34(3)33-22/h5-6,9-12,14-15,32,36H,7-8,13H2,1-4H3,(H,31,37). The molecule has 7 rings (SSSR count). The van der Waals surface area contributed by atoms with Crippen molar-refractivity contribution in [2.24, 2.45) is 7.05 Å². The van der Waals surface area contributed by atoms with Crippen LogP contribution in [-0.2, 0) is 26.4 Å². The lowest BCUT2D eigenvalue weighted by molar-refractivity contribution is 0.0966. The first-order chi connectivity index (χ1) is 18.4. The number of phenols is 1. The molecule has 0 bridgehead atoms. The normalized spacial score (nSPS) is 14.1. The Labute approximate surface area is 219 Å². The highest BCUT2D eigenvalue weighted by Crippen LogP contribution is 2.48. The van der Waals surface area contributed by atoms with Gasteiger partial charge in [-0.1, -0.05) is 0 Å². The van der Waals surface area contributed by atoms with E-state index in [1.807, 2.05) is 11.7 Å². The number of ether oxygens (including phenoxy) is 1. The van der Waals surface area contributed by atoms with Gasteiger partial charge in [-0.2, -0.15) is 5.10 Å². The Morgan fingerprint density at radius 2 is 1.95 bits per heavy atom. The Morgan fingerprint density at radius 3 is 2.74 bits per heavy atom. The monoisotopic (exact) mass is 507 g/mol. The van der Waals surface area contributed by atoms with Gasteiger partial charge in [0.2, 0.25) is 0 Å². The zero-order chi connectivity index (χ0) is 26.3. The van der Waals surface area contributed by atoms with Gasteiger partial charge in [0.1, 0.15) is 11.5 Å². The molecule has 5 aromatic rings. The maximum Gasteiger partial charge on any atom is 0.252 e. The third kappa shape index (κ3) is 3.09. The van der Waals surface area contributed by atoms with E-state index in [1.54, 1.807) is 25.3 Å². The molecule has 1 aliphatic heterocycles. The van der Waals surface area contributed by atoms with Crippen LogP contribution >= 0.6 is 0 Å². The molecule has 1 amide bonds. The Morgan fingerprint density at radius 1 is 1.11 bits per heavy atom. The number of benzene rings is 3. The molecule has 2 aliphatic rings. The van der Waals surface area contributed by atoms with Gasteiger partial charge in [0.25, 0.3) is 5.91 Å². The molecule has 0 fully saturated rings. The van der Waals surface area contributed by atoms with Crippen molar-refractivity contribution >= 4 is 39.1 Å². The topological polar surface area (TPSA) is 93.3 Å². The number of aromatic hydroxyl groups is 1. The van der Waals surface area contributed by atoms with Crippen LogP contribution < -0.4 is 15.4 Å². The highest BCUT2D eigenvalue weighted by Gasteiger charge is 2.35. The van der Waals surface area contributed by atoms with E-state index in [9.17, 15) is 9.90 Å². The predicted molar refractivity (Wildman–Crippen MR) is 149 cm³/mol. The van der Waals surface area contributed by atoms with Crippen LogP contribution in [0.25, 0.3) is 32.9 Å². The predicted octanol–water partition coefficient (Wildman–Crippen LogP) is 5.58. The average molecular weight is 508 g/mol. The van der Waals surface area contributed by atoms with Crippen LogP contribution in [0.1, 0.15) is 47.1 Å². The van der Waals surface area contributed by atoms with Crippen molar-refractivity contribution in [3.8, 4) is 22.6 Å². The van der Waals surface area contributed by atoms with Gasteiger partial charge in [0.05, 0.1) is 29.6 Å². The van der Waals surface area contributed by atoms with E-state index in [-0.39, 0.29) is 17.7 Å². The summed E-state index contributed by atoms with van der Waals surface area (Å²) in [7, 11) is 3.55. The van der Waals surface area contributed by atoms with Gasteiger partial charge in [-0.05, 0) is 68.1 Å². The van der Waals surface area contributed by atoms with Crippen LogP contribution in [0.3, 0.4) is 0 Å². The summed E-state index contributed by atoms with van der Waals surface area (Å²) in [5.41, 5.74) is 10.1. The fourth-order valence-corrected chi connectivity index (χ4v) is 6.42. The molecular formula is C30H29N5O3. The first-order valence-corrected chi connectivity index (χ1v) is 13.0. The molecule has 8 heteroatoms. The number of carbonyl (C=O) groups is 1. The number of carbonyl (C=O) groups excluding carboxylic acids is 1. The number of amides is 1. The number of nitrogens with one attached hydrogen (secondary N) is 2. The molecule has 192 valence electrons. The third-order valence-corrected chi connectivity index (χ3v) is 7.86.